The van der Waals surface area contributed by atoms with Crippen molar-refractivity contribution in [3.8, 4) is 22.6 Å². The second-order valence-electron chi connectivity index (χ2n) is 8.00. The zero-order valence-electron chi connectivity index (χ0n) is 18.6. The molecule has 0 aliphatic carbocycles. The van der Waals surface area contributed by atoms with Crippen molar-refractivity contribution in [2.45, 2.75) is 25.9 Å². The SMILES string of the molecule is Cc1cc2c(NCCCc3ccc(-c4cnc(C(F)(F)F)cn4)cc3)nc(-c3ccoc3)nc2s1. The molecule has 0 saturated carbocycles. The molecule has 5 aromatic rings. The highest BCUT2D eigenvalue weighted by Crippen LogP contribution is 2.31. The van der Waals surface area contributed by atoms with E-state index in [1.165, 1.54) is 4.88 Å². The van der Waals surface area contributed by atoms with Crippen molar-refractivity contribution in [1.82, 2.24) is 19.9 Å². The van der Waals surface area contributed by atoms with Crippen molar-refractivity contribution >= 4 is 27.4 Å². The van der Waals surface area contributed by atoms with Crippen LogP contribution >= 0.6 is 11.3 Å². The third-order valence-electron chi connectivity index (χ3n) is 5.42. The summed E-state index contributed by atoms with van der Waals surface area (Å²) in [5.74, 6) is 1.42. The number of benzene rings is 1. The summed E-state index contributed by atoms with van der Waals surface area (Å²) >= 11 is 1.63. The van der Waals surface area contributed by atoms with Gasteiger partial charge in [-0.25, -0.2) is 15.0 Å². The number of nitrogens with zero attached hydrogens (tertiary/aromatic N) is 4. The summed E-state index contributed by atoms with van der Waals surface area (Å²) in [7, 11) is 0. The maximum absolute atomic E-state index is 12.7. The quantitative estimate of drug-likeness (QED) is 0.251. The number of fused-ring (bicyclic) bond motifs is 1. The van der Waals surface area contributed by atoms with Gasteiger partial charge in [-0.05, 0) is 37.5 Å². The van der Waals surface area contributed by atoms with E-state index >= 15 is 0 Å². The summed E-state index contributed by atoms with van der Waals surface area (Å²) in [6, 6.07) is 11.5. The van der Waals surface area contributed by atoms with Crippen molar-refractivity contribution in [3.63, 3.8) is 0 Å². The summed E-state index contributed by atoms with van der Waals surface area (Å²) in [6.07, 6.45) is 2.34. The van der Waals surface area contributed by atoms with Crippen LogP contribution in [-0.2, 0) is 12.6 Å². The zero-order chi connectivity index (χ0) is 24.4. The van der Waals surface area contributed by atoms with Gasteiger partial charge in [0.2, 0.25) is 0 Å². The first-order valence-electron chi connectivity index (χ1n) is 10.9. The predicted octanol–water partition coefficient (Wildman–Crippen LogP) is 6.78. The largest absolute Gasteiger partial charge is 0.472 e. The Kier molecular flexibility index (Phi) is 6.21. The maximum Gasteiger partial charge on any atom is 0.434 e. The molecule has 4 aromatic heterocycles. The Hall–Kier alpha value is -3.79. The number of furan rings is 1. The van der Waals surface area contributed by atoms with Gasteiger partial charge in [-0.2, -0.15) is 13.2 Å². The van der Waals surface area contributed by atoms with Gasteiger partial charge < -0.3 is 9.73 Å². The second kappa shape index (κ2) is 9.46. The Labute approximate surface area is 202 Å². The fraction of sp³-hybridized carbons (Fsp3) is 0.200. The van der Waals surface area contributed by atoms with Gasteiger partial charge in [0.1, 0.15) is 16.9 Å². The van der Waals surface area contributed by atoms with E-state index in [2.05, 4.69) is 26.3 Å². The molecular weight excluding hydrogens is 475 g/mol. The molecule has 5 rings (SSSR count). The predicted molar refractivity (Wildman–Crippen MR) is 129 cm³/mol. The highest BCUT2D eigenvalue weighted by atomic mass is 32.1. The molecule has 6 nitrogen and oxygen atoms in total. The molecule has 1 N–H and O–H groups in total. The number of hydrogen-bond donors (Lipinski definition) is 1. The van der Waals surface area contributed by atoms with Gasteiger partial charge in [0.15, 0.2) is 11.5 Å². The average Bonchev–Trinajstić information content (AvgIpc) is 3.51. The molecule has 4 heterocycles. The van der Waals surface area contributed by atoms with Gasteiger partial charge in [-0.1, -0.05) is 24.3 Å². The van der Waals surface area contributed by atoms with E-state index in [0.717, 1.165) is 64.5 Å². The summed E-state index contributed by atoms with van der Waals surface area (Å²) in [6.45, 7) is 2.77. The average molecular weight is 496 g/mol. The number of anilines is 1. The number of alkyl halides is 3. The minimum atomic E-state index is -4.50. The van der Waals surface area contributed by atoms with Crippen molar-refractivity contribution in [2.24, 2.45) is 0 Å². The molecule has 0 radical (unpaired) electrons. The molecule has 0 unspecified atom stereocenters. The van der Waals surface area contributed by atoms with E-state index in [0.29, 0.717) is 11.5 Å². The van der Waals surface area contributed by atoms with E-state index in [-0.39, 0.29) is 0 Å². The summed E-state index contributed by atoms with van der Waals surface area (Å²) in [4.78, 5) is 18.8. The van der Waals surface area contributed by atoms with Crippen LogP contribution in [0.4, 0.5) is 19.0 Å². The molecule has 0 atom stereocenters. The number of aromatic nitrogens is 4. The topological polar surface area (TPSA) is 76.7 Å². The first-order chi connectivity index (χ1) is 16.9. The number of halogens is 3. The lowest BCUT2D eigenvalue weighted by atomic mass is 10.1. The number of nitrogens with one attached hydrogen (secondary N) is 1. The van der Waals surface area contributed by atoms with Gasteiger partial charge in [0, 0.05) is 17.0 Å². The van der Waals surface area contributed by atoms with Gasteiger partial charge >= 0.3 is 6.18 Å². The Bertz CT molecular complexity index is 1430. The molecule has 1 aromatic carbocycles. The Balaban J connectivity index is 1.22. The molecule has 0 aliphatic rings. The number of hydrogen-bond acceptors (Lipinski definition) is 7. The lowest BCUT2D eigenvalue weighted by Crippen LogP contribution is -2.08. The molecule has 178 valence electrons. The highest BCUT2D eigenvalue weighted by Gasteiger charge is 2.32. The maximum atomic E-state index is 12.7. The van der Waals surface area contributed by atoms with Crippen LogP contribution in [0.5, 0.6) is 0 Å². The van der Waals surface area contributed by atoms with Crippen molar-refractivity contribution in [2.75, 3.05) is 11.9 Å². The normalized spacial score (nSPS) is 11.8. The first kappa shape index (κ1) is 23.0. The molecule has 35 heavy (non-hydrogen) atoms. The van der Waals surface area contributed by atoms with Crippen LogP contribution in [0.3, 0.4) is 0 Å². The Morgan fingerprint density at radius 1 is 1.00 bits per heavy atom. The van der Waals surface area contributed by atoms with Crippen LogP contribution in [-0.4, -0.2) is 26.5 Å². The van der Waals surface area contributed by atoms with Crippen LogP contribution < -0.4 is 5.32 Å². The van der Waals surface area contributed by atoms with E-state index in [9.17, 15) is 13.2 Å². The van der Waals surface area contributed by atoms with Crippen LogP contribution in [0, 0.1) is 6.92 Å². The fourth-order valence-electron chi connectivity index (χ4n) is 3.66. The van der Waals surface area contributed by atoms with Gasteiger partial charge in [0.05, 0.1) is 35.3 Å². The molecule has 0 fully saturated rings. The molecule has 10 heteroatoms. The fourth-order valence-corrected chi connectivity index (χ4v) is 4.54. The molecule has 0 spiro atoms. The van der Waals surface area contributed by atoms with E-state index in [1.807, 2.05) is 37.3 Å². The van der Waals surface area contributed by atoms with Crippen LogP contribution in [0.1, 0.15) is 22.6 Å². The van der Waals surface area contributed by atoms with Gasteiger partial charge in [-0.15, -0.1) is 11.3 Å². The van der Waals surface area contributed by atoms with E-state index < -0.39 is 11.9 Å². The molecule has 0 bridgehead atoms. The second-order valence-corrected chi connectivity index (χ2v) is 9.23. The molecule has 0 amide bonds. The van der Waals surface area contributed by atoms with Crippen molar-refractivity contribution < 1.29 is 17.6 Å². The summed E-state index contributed by atoms with van der Waals surface area (Å²) in [5, 5.41) is 4.44. The van der Waals surface area contributed by atoms with Gasteiger partial charge in [-0.3, -0.25) is 4.98 Å². The standard InChI is InChI=1S/C25H20F3N5OS/c1-15-11-19-23(32-22(33-24(19)35-15)18-8-10-34-14-18)29-9-2-3-16-4-6-17(7-5-16)20-12-31-21(13-30-20)25(26,27)28/h4-8,10-14H,2-3,9H2,1H3,(H,29,32,33). The summed E-state index contributed by atoms with van der Waals surface area (Å²) in [5.41, 5.74) is 2.07. The minimum absolute atomic E-state index is 0.401. The third kappa shape index (κ3) is 5.17. The Morgan fingerprint density at radius 2 is 1.83 bits per heavy atom. The molecule has 0 aliphatic heterocycles. The van der Waals surface area contributed by atoms with Crippen molar-refractivity contribution in [3.05, 3.63) is 77.5 Å². The van der Waals surface area contributed by atoms with Gasteiger partial charge in [0.25, 0.3) is 0 Å². The van der Waals surface area contributed by atoms with E-state index in [4.69, 9.17) is 9.40 Å². The molecule has 0 saturated heterocycles. The zero-order valence-corrected chi connectivity index (χ0v) is 19.5. The number of aryl methyl sites for hydroxylation is 2. The number of rotatable bonds is 7. The number of thiophene rings is 1. The van der Waals surface area contributed by atoms with E-state index in [1.54, 1.807) is 23.9 Å². The highest BCUT2D eigenvalue weighted by molar-refractivity contribution is 7.18. The smallest absolute Gasteiger partial charge is 0.434 e. The minimum Gasteiger partial charge on any atom is -0.472 e. The molecular formula is C25H20F3N5OS. The third-order valence-corrected chi connectivity index (χ3v) is 6.37. The summed E-state index contributed by atoms with van der Waals surface area (Å²) < 4.78 is 43.2. The van der Waals surface area contributed by atoms with Crippen LogP contribution in [0.25, 0.3) is 32.9 Å². The first-order valence-corrected chi connectivity index (χ1v) is 11.7. The lowest BCUT2D eigenvalue weighted by molar-refractivity contribution is -0.141. The van der Waals surface area contributed by atoms with Crippen LogP contribution in [0.15, 0.2) is 65.7 Å². The van der Waals surface area contributed by atoms with Crippen molar-refractivity contribution in [1.29, 1.82) is 0 Å². The van der Waals surface area contributed by atoms with Crippen LogP contribution in [0.2, 0.25) is 0 Å². The Morgan fingerprint density at radius 3 is 2.51 bits per heavy atom. The lowest BCUT2D eigenvalue weighted by Gasteiger charge is -2.09. The monoisotopic (exact) mass is 495 g/mol.